The number of rotatable bonds is 4. The van der Waals surface area contributed by atoms with Gasteiger partial charge in [-0.15, -0.1) is 0 Å². The molecule has 20 heavy (non-hydrogen) atoms. The van der Waals surface area contributed by atoms with Crippen molar-refractivity contribution in [3.05, 3.63) is 64.2 Å². The van der Waals surface area contributed by atoms with Crippen LogP contribution in [-0.4, -0.2) is 28.3 Å². The molecule has 1 aliphatic carbocycles. The highest BCUT2D eigenvalue weighted by Gasteiger charge is 2.52. The molecule has 6 heteroatoms. The van der Waals surface area contributed by atoms with Gasteiger partial charge in [0.05, 0.1) is 0 Å². The van der Waals surface area contributed by atoms with Crippen molar-refractivity contribution in [2.45, 2.75) is 6.04 Å². The van der Waals surface area contributed by atoms with Gasteiger partial charge in [-0.2, -0.15) is 0 Å². The number of allylic oxidation sites excluding steroid dienone is 2. The molecule has 102 valence electrons. The number of aliphatic carboxylic acids is 1. The normalized spacial score (nSPS) is 24.8. The SMILES string of the molecule is O=CC1(C(=O)O)C=CC(c2ccccc2)=CC1[N+](=O)[O-]. The predicted octanol–water partition coefficient (Wildman–Crippen LogP) is 1.55. The Kier molecular flexibility index (Phi) is 3.47. The minimum absolute atomic E-state index is 0.109. The van der Waals surface area contributed by atoms with Gasteiger partial charge in [-0.3, -0.25) is 14.9 Å². The number of carbonyl (C=O) groups is 2. The Morgan fingerprint density at radius 3 is 2.50 bits per heavy atom. The smallest absolute Gasteiger partial charge is 0.328 e. The largest absolute Gasteiger partial charge is 0.480 e. The lowest BCUT2D eigenvalue weighted by molar-refractivity contribution is -0.518. The number of hydrogen-bond donors (Lipinski definition) is 1. The van der Waals surface area contributed by atoms with Gasteiger partial charge in [-0.25, -0.2) is 0 Å². The molecule has 0 saturated heterocycles. The molecule has 2 unspecified atom stereocenters. The van der Waals surface area contributed by atoms with Gasteiger partial charge in [0.1, 0.15) is 6.29 Å². The first kappa shape index (κ1) is 13.7. The van der Waals surface area contributed by atoms with Crippen LogP contribution in [0.1, 0.15) is 5.56 Å². The lowest BCUT2D eigenvalue weighted by atomic mass is 9.76. The van der Waals surface area contributed by atoms with E-state index in [1.54, 1.807) is 30.3 Å². The molecule has 0 heterocycles. The Labute approximate surface area is 114 Å². The van der Waals surface area contributed by atoms with Crippen molar-refractivity contribution in [1.82, 2.24) is 0 Å². The molecule has 0 aliphatic heterocycles. The lowest BCUT2D eigenvalue weighted by Crippen LogP contribution is -2.46. The summed E-state index contributed by atoms with van der Waals surface area (Å²) in [5.41, 5.74) is -0.909. The van der Waals surface area contributed by atoms with Crippen molar-refractivity contribution in [3.63, 3.8) is 0 Å². The summed E-state index contributed by atoms with van der Waals surface area (Å²) < 4.78 is 0. The maximum Gasteiger partial charge on any atom is 0.328 e. The van der Waals surface area contributed by atoms with Crippen LogP contribution in [0.4, 0.5) is 0 Å². The number of carboxylic acid groups (broad SMARTS) is 1. The van der Waals surface area contributed by atoms with Crippen LogP contribution in [0.15, 0.2) is 48.6 Å². The summed E-state index contributed by atoms with van der Waals surface area (Å²) >= 11 is 0. The van der Waals surface area contributed by atoms with Gasteiger partial charge in [-0.1, -0.05) is 42.5 Å². The molecule has 1 N–H and O–H groups in total. The molecule has 0 aromatic heterocycles. The van der Waals surface area contributed by atoms with Crippen LogP contribution in [0.3, 0.4) is 0 Å². The van der Waals surface area contributed by atoms with E-state index >= 15 is 0 Å². The number of carbonyl (C=O) groups excluding carboxylic acids is 1. The molecule has 0 saturated carbocycles. The minimum Gasteiger partial charge on any atom is -0.480 e. The Morgan fingerprint density at radius 1 is 1.35 bits per heavy atom. The summed E-state index contributed by atoms with van der Waals surface area (Å²) in [6.45, 7) is 0. The van der Waals surface area contributed by atoms with E-state index in [0.29, 0.717) is 5.57 Å². The second-order valence-electron chi connectivity index (χ2n) is 4.41. The van der Waals surface area contributed by atoms with E-state index in [1.165, 1.54) is 12.2 Å². The molecular formula is C14H11NO5. The molecule has 1 aromatic carbocycles. The van der Waals surface area contributed by atoms with E-state index in [4.69, 9.17) is 5.11 Å². The first-order valence-electron chi connectivity index (χ1n) is 5.81. The van der Waals surface area contributed by atoms with E-state index in [0.717, 1.165) is 11.6 Å². The summed E-state index contributed by atoms with van der Waals surface area (Å²) in [6.07, 6.45) is 3.82. The second kappa shape index (κ2) is 5.08. The van der Waals surface area contributed by atoms with Crippen molar-refractivity contribution in [3.8, 4) is 0 Å². The zero-order valence-corrected chi connectivity index (χ0v) is 10.3. The molecule has 6 nitrogen and oxygen atoms in total. The van der Waals surface area contributed by atoms with Crippen LogP contribution in [0, 0.1) is 15.5 Å². The van der Waals surface area contributed by atoms with Gasteiger partial charge in [0, 0.05) is 4.92 Å². The maximum absolute atomic E-state index is 11.2. The fraction of sp³-hybridized carbons (Fsp3) is 0.143. The van der Waals surface area contributed by atoms with Gasteiger partial charge in [-0.05, 0) is 17.2 Å². The average Bonchev–Trinajstić information content (AvgIpc) is 2.47. The third-order valence-electron chi connectivity index (χ3n) is 3.27. The Bertz CT molecular complexity index is 620. The minimum atomic E-state index is -2.15. The number of hydrogen-bond acceptors (Lipinski definition) is 4. The zero-order valence-electron chi connectivity index (χ0n) is 10.3. The van der Waals surface area contributed by atoms with Crippen LogP contribution in [0.25, 0.3) is 5.57 Å². The highest BCUT2D eigenvalue weighted by Crippen LogP contribution is 2.33. The Morgan fingerprint density at radius 2 is 2.00 bits per heavy atom. The third-order valence-corrected chi connectivity index (χ3v) is 3.27. The van der Waals surface area contributed by atoms with E-state index in [2.05, 4.69) is 0 Å². The van der Waals surface area contributed by atoms with Crippen LogP contribution in [0.5, 0.6) is 0 Å². The summed E-state index contributed by atoms with van der Waals surface area (Å²) in [5, 5.41) is 20.3. The van der Waals surface area contributed by atoms with Gasteiger partial charge in [0.25, 0.3) is 6.04 Å². The van der Waals surface area contributed by atoms with Crippen molar-refractivity contribution in [2.24, 2.45) is 5.41 Å². The fourth-order valence-electron chi connectivity index (χ4n) is 2.11. The maximum atomic E-state index is 11.2. The molecule has 2 rings (SSSR count). The average molecular weight is 273 g/mol. The summed E-state index contributed by atoms with van der Waals surface area (Å²) in [4.78, 5) is 32.7. The second-order valence-corrected chi connectivity index (χ2v) is 4.41. The standard InChI is InChI=1S/C14H11NO5/c16-9-14(13(17)18)7-6-11(8-12(14)15(19)20)10-4-2-1-3-5-10/h1-9,12H,(H,17,18). The molecule has 1 aliphatic rings. The molecule has 0 radical (unpaired) electrons. The van der Waals surface area contributed by atoms with E-state index in [-0.39, 0.29) is 6.29 Å². The lowest BCUT2D eigenvalue weighted by Gasteiger charge is -2.25. The molecular weight excluding hydrogens is 262 g/mol. The molecule has 0 amide bonds. The van der Waals surface area contributed by atoms with Gasteiger partial charge in [0.15, 0.2) is 0 Å². The van der Waals surface area contributed by atoms with Crippen molar-refractivity contribution in [1.29, 1.82) is 0 Å². The highest BCUT2D eigenvalue weighted by molar-refractivity contribution is 5.98. The summed E-state index contributed by atoms with van der Waals surface area (Å²) in [5.74, 6) is -1.53. The monoisotopic (exact) mass is 273 g/mol. The van der Waals surface area contributed by atoms with Crippen molar-refractivity contribution >= 4 is 17.8 Å². The third kappa shape index (κ3) is 2.11. The first-order chi connectivity index (χ1) is 9.51. The van der Waals surface area contributed by atoms with E-state index in [1.807, 2.05) is 0 Å². The van der Waals surface area contributed by atoms with Crippen LogP contribution in [0.2, 0.25) is 0 Å². The molecule has 0 fully saturated rings. The summed E-state index contributed by atoms with van der Waals surface area (Å²) in [7, 11) is 0. The van der Waals surface area contributed by atoms with Crippen LogP contribution >= 0.6 is 0 Å². The molecule has 1 aromatic rings. The van der Waals surface area contributed by atoms with E-state index < -0.39 is 22.3 Å². The molecule has 2 atom stereocenters. The van der Waals surface area contributed by atoms with Gasteiger partial charge >= 0.3 is 5.97 Å². The quantitative estimate of drug-likeness (QED) is 0.388. The highest BCUT2D eigenvalue weighted by atomic mass is 16.6. The molecule has 0 bridgehead atoms. The number of nitrogens with zero attached hydrogens (tertiary/aromatic N) is 1. The van der Waals surface area contributed by atoms with E-state index in [9.17, 15) is 19.7 Å². The first-order valence-corrected chi connectivity index (χ1v) is 5.81. The number of carboxylic acids is 1. The fourth-order valence-corrected chi connectivity index (χ4v) is 2.11. The molecule has 0 spiro atoms. The van der Waals surface area contributed by atoms with Crippen LogP contribution < -0.4 is 0 Å². The topological polar surface area (TPSA) is 97.5 Å². The van der Waals surface area contributed by atoms with Gasteiger partial charge < -0.3 is 9.90 Å². The number of benzene rings is 1. The van der Waals surface area contributed by atoms with Gasteiger partial charge in [0.2, 0.25) is 5.41 Å². The van der Waals surface area contributed by atoms with Crippen LogP contribution in [-0.2, 0) is 9.59 Å². The zero-order chi connectivity index (χ0) is 14.8. The summed E-state index contributed by atoms with van der Waals surface area (Å²) in [6, 6.07) is 7.21. The Balaban J connectivity index is 2.51. The predicted molar refractivity (Wildman–Crippen MR) is 70.5 cm³/mol. The van der Waals surface area contributed by atoms with Crippen molar-refractivity contribution < 1.29 is 19.6 Å². The number of nitro groups is 1. The Hall–Kier alpha value is -2.76. The van der Waals surface area contributed by atoms with Crippen molar-refractivity contribution in [2.75, 3.05) is 0 Å². The number of aldehydes is 1.